The van der Waals surface area contributed by atoms with Crippen LogP contribution in [0.25, 0.3) is 33.8 Å². The van der Waals surface area contributed by atoms with Crippen LogP contribution in [0.3, 0.4) is 0 Å². The lowest BCUT2D eigenvalue weighted by atomic mass is 10.0. The van der Waals surface area contributed by atoms with Gasteiger partial charge in [0, 0.05) is 23.5 Å². The van der Waals surface area contributed by atoms with Crippen LogP contribution in [0, 0.1) is 20.8 Å². The number of aromatic nitrogens is 8. The van der Waals surface area contributed by atoms with E-state index in [-0.39, 0.29) is 0 Å². The molecule has 0 unspecified atom stereocenters. The highest BCUT2D eigenvalue weighted by Gasteiger charge is 2.21. The van der Waals surface area contributed by atoms with Crippen molar-refractivity contribution in [2.75, 3.05) is 6.61 Å². The maximum absolute atomic E-state index is 5.91. The molecule has 0 aliphatic heterocycles. The average Bonchev–Trinajstić information content (AvgIpc) is 3.66. The number of rotatable bonds is 9. The van der Waals surface area contributed by atoms with Crippen LogP contribution in [0.1, 0.15) is 41.9 Å². The third kappa shape index (κ3) is 4.99. The van der Waals surface area contributed by atoms with E-state index in [1.165, 1.54) is 5.69 Å². The van der Waals surface area contributed by atoms with E-state index in [4.69, 9.17) is 14.7 Å². The Morgan fingerprint density at radius 1 is 0.805 bits per heavy atom. The molecule has 0 aliphatic carbocycles. The number of hydrogen-bond acceptors (Lipinski definition) is 6. The molecule has 6 rings (SSSR count). The number of fused-ring (bicyclic) bond motifs is 1. The maximum atomic E-state index is 5.91. The molecule has 41 heavy (non-hydrogen) atoms. The van der Waals surface area contributed by atoms with Gasteiger partial charge >= 0.3 is 0 Å². The maximum Gasteiger partial charge on any atom is 0.298 e. The van der Waals surface area contributed by atoms with Crippen LogP contribution >= 0.6 is 0 Å². The fourth-order valence-electron chi connectivity index (χ4n) is 5.54. The van der Waals surface area contributed by atoms with Gasteiger partial charge in [0.2, 0.25) is 0 Å². The van der Waals surface area contributed by atoms with Gasteiger partial charge in [-0.2, -0.15) is 4.98 Å². The molecule has 0 saturated carbocycles. The van der Waals surface area contributed by atoms with Gasteiger partial charge in [-0.3, -0.25) is 4.57 Å². The molecule has 0 fully saturated rings. The van der Waals surface area contributed by atoms with E-state index in [9.17, 15) is 0 Å². The standard InChI is InChI=1S/C32H34N8O/c1-6-38-23(5)18-27(30-35-36-37-40(30)20-24-11-9-8-10-12-24)29(38)26-15-13-25(14-16-26)19-39-31-28(34-32(39)41-7-2)21(3)17-22(4)33-31/h8-18H,6-7,19-20H2,1-5H3. The van der Waals surface area contributed by atoms with E-state index in [0.29, 0.717) is 25.7 Å². The summed E-state index contributed by atoms with van der Waals surface area (Å²) in [6.07, 6.45) is 0. The van der Waals surface area contributed by atoms with E-state index in [2.05, 4.69) is 94.0 Å². The summed E-state index contributed by atoms with van der Waals surface area (Å²) in [4.78, 5) is 9.56. The number of tetrazole rings is 1. The Morgan fingerprint density at radius 2 is 1.56 bits per heavy atom. The number of benzene rings is 2. The predicted octanol–water partition coefficient (Wildman–Crippen LogP) is 5.99. The largest absolute Gasteiger partial charge is 0.465 e. The van der Waals surface area contributed by atoms with Crippen LogP contribution in [-0.4, -0.2) is 45.9 Å². The van der Waals surface area contributed by atoms with Gasteiger partial charge in [0.05, 0.1) is 25.4 Å². The molecule has 0 amide bonds. The molecule has 4 aromatic heterocycles. The zero-order valence-electron chi connectivity index (χ0n) is 24.2. The highest BCUT2D eigenvalue weighted by atomic mass is 16.5. The molecule has 0 spiro atoms. The molecule has 208 valence electrons. The highest BCUT2D eigenvalue weighted by Crippen LogP contribution is 2.35. The second-order valence-corrected chi connectivity index (χ2v) is 10.3. The van der Waals surface area contributed by atoms with Crippen molar-refractivity contribution in [3.05, 3.63) is 94.8 Å². The number of nitrogens with zero attached hydrogens (tertiary/aromatic N) is 8. The van der Waals surface area contributed by atoms with Gasteiger partial charge in [-0.15, -0.1) is 5.10 Å². The number of pyridine rings is 1. The van der Waals surface area contributed by atoms with E-state index < -0.39 is 0 Å². The van der Waals surface area contributed by atoms with Crippen molar-refractivity contribution < 1.29 is 4.74 Å². The molecule has 0 saturated heterocycles. The van der Waals surface area contributed by atoms with Crippen LogP contribution in [0.5, 0.6) is 6.01 Å². The molecule has 4 heterocycles. The minimum Gasteiger partial charge on any atom is -0.465 e. The Morgan fingerprint density at radius 3 is 2.29 bits per heavy atom. The molecule has 0 aliphatic rings. The number of ether oxygens (including phenoxy) is 1. The quantitative estimate of drug-likeness (QED) is 0.221. The molecular formula is C32H34N8O. The van der Waals surface area contributed by atoms with Crippen LogP contribution in [0.15, 0.2) is 66.7 Å². The molecule has 2 aromatic carbocycles. The highest BCUT2D eigenvalue weighted by molar-refractivity contribution is 5.80. The number of hydrogen-bond donors (Lipinski definition) is 0. The van der Waals surface area contributed by atoms with E-state index in [1.807, 2.05) is 36.7 Å². The van der Waals surface area contributed by atoms with Crippen molar-refractivity contribution in [1.29, 1.82) is 0 Å². The van der Waals surface area contributed by atoms with Crippen molar-refractivity contribution in [3.63, 3.8) is 0 Å². The fourth-order valence-corrected chi connectivity index (χ4v) is 5.54. The summed E-state index contributed by atoms with van der Waals surface area (Å²) in [7, 11) is 0. The molecule has 0 N–H and O–H groups in total. The molecular weight excluding hydrogens is 512 g/mol. The minimum absolute atomic E-state index is 0.542. The third-order valence-electron chi connectivity index (χ3n) is 7.40. The molecule has 0 bridgehead atoms. The van der Waals surface area contributed by atoms with Gasteiger partial charge in [-0.05, 0) is 79.4 Å². The Kier molecular flexibility index (Phi) is 7.09. The Hall–Kier alpha value is -4.79. The van der Waals surface area contributed by atoms with Crippen LogP contribution in [0.2, 0.25) is 0 Å². The third-order valence-corrected chi connectivity index (χ3v) is 7.40. The predicted molar refractivity (Wildman–Crippen MR) is 160 cm³/mol. The zero-order chi connectivity index (χ0) is 28.5. The minimum atomic E-state index is 0.542. The summed E-state index contributed by atoms with van der Waals surface area (Å²) >= 11 is 0. The van der Waals surface area contributed by atoms with Crippen LogP contribution in [0.4, 0.5) is 0 Å². The summed E-state index contributed by atoms with van der Waals surface area (Å²) in [6, 6.07) is 23.8. The monoisotopic (exact) mass is 546 g/mol. The van der Waals surface area contributed by atoms with Crippen LogP contribution < -0.4 is 4.74 Å². The first kappa shape index (κ1) is 26.4. The van der Waals surface area contributed by atoms with Crippen molar-refractivity contribution in [1.82, 2.24) is 39.3 Å². The van der Waals surface area contributed by atoms with Gasteiger partial charge < -0.3 is 9.30 Å². The Labute approximate surface area is 239 Å². The van der Waals surface area contributed by atoms with Crippen molar-refractivity contribution in [3.8, 4) is 28.7 Å². The smallest absolute Gasteiger partial charge is 0.298 e. The van der Waals surface area contributed by atoms with Gasteiger partial charge in [-0.25, -0.2) is 9.67 Å². The van der Waals surface area contributed by atoms with Crippen molar-refractivity contribution in [2.45, 2.75) is 54.3 Å². The topological polar surface area (TPSA) is 88.5 Å². The van der Waals surface area contributed by atoms with E-state index in [1.54, 1.807) is 0 Å². The molecule has 6 aromatic rings. The van der Waals surface area contributed by atoms with E-state index in [0.717, 1.165) is 62.7 Å². The molecule has 0 radical (unpaired) electrons. The summed E-state index contributed by atoms with van der Waals surface area (Å²) in [6.45, 7) is 12.9. The first-order valence-corrected chi connectivity index (χ1v) is 14.0. The summed E-state index contributed by atoms with van der Waals surface area (Å²) in [5.74, 6) is 0.756. The number of aryl methyl sites for hydroxylation is 3. The fraction of sp³-hybridized carbons (Fsp3) is 0.281. The normalized spacial score (nSPS) is 11.4. The summed E-state index contributed by atoms with van der Waals surface area (Å²) in [5.41, 5.74) is 10.5. The van der Waals surface area contributed by atoms with Gasteiger partial charge in [0.1, 0.15) is 5.52 Å². The lowest BCUT2D eigenvalue weighted by molar-refractivity contribution is 0.301. The van der Waals surface area contributed by atoms with Gasteiger partial charge in [0.15, 0.2) is 11.5 Å². The lowest BCUT2D eigenvalue weighted by Gasteiger charge is -2.13. The molecule has 9 heteroatoms. The average molecular weight is 547 g/mol. The second-order valence-electron chi connectivity index (χ2n) is 10.3. The number of imidazole rings is 1. The van der Waals surface area contributed by atoms with E-state index >= 15 is 0 Å². The molecule has 9 nitrogen and oxygen atoms in total. The lowest BCUT2D eigenvalue weighted by Crippen LogP contribution is -2.06. The Balaban J connectivity index is 1.37. The first-order chi connectivity index (χ1) is 20.0. The summed E-state index contributed by atoms with van der Waals surface area (Å²) in [5, 5.41) is 12.8. The Bertz CT molecular complexity index is 1810. The van der Waals surface area contributed by atoms with Crippen LogP contribution in [-0.2, 0) is 19.6 Å². The van der Waals surface area contributed by atoms with Crippen molar-refractivity contribution in [2.24, 2.45) is 0 Å². The first-order valence-electron chi connectivity index (χ1n) is 14.0. The summed E-state index contributed by atoms with van der Waals surface area (Å²) < 4.78 is 12.2. The molecule has 0 atom stereocenters. The second kappa shape index (κ2) is 11.0. The van der Waals surface area contributed by atoms with Crippen molar-refractivity contribution >= 4 is 11.2 Å². The van der Waals surface area contributed by atoms with Gasteiger partial charge in [0.25, 0.3) is 6.01 Å². The SMILES string of the molecule is CCOc1nc2c(C)cc(C)nc2n1Cc1ccc(-c2c(-c3nnnn3Cc3ccccc3)cc(C)n2CC)cc1. The zero-order valence-corrected chi connectivity index (χ0v) is 24.2. The van der Waals surface area contributed by atoms with Gasteiger partial charge in [-0.1, -0.05) is 54.6 Å².